The van der Waals surface area contributed by atoms with E-state index in [-0.39, 0.29) is 17.9 Å². The number of thiazole rings is 1. The lowest BCUT2D eigenvalue weighted by atomic mass is 9.86. The Bertz CT molecular complexity index is 892. The van der Waals surface area contributed by atoms with Crippen molar-refractivity contribution < 1.29 is 14.7 Å². The van der Waals surface area contributed by atoms with Gasteiger partial charge >= 0.3 is 5.97 Å². The number of aromatic nitrogens is 2. The van der Waals surface area contributed by atoms with E-state index < -0.39 is 5.97 Å². The van der Waals surface area contributed by atoms with E-state index in [1.54, 1.807) is 11.3 Å². The summed E-state index contributed by atoms with van der Waals surface area (Å²) in [6.45, 7) is 4.72. The van der Waals surface area contributed by atoms with Crippen LogP contribution in [0.1, 0.15) is 66.7 Å². The van der Waals surface area contributed by atoms with Gasteiger partial charge in [-0.3, -0.25) is 9.59 Å². The summed E-state index contributed by atoms with van der Waals surface area (Å²) in [7, 11) is 0. The van der Waals surface area contributed by atoms with E-state index in [0.717, 1.165) is 29.5 Å². The second-order valence-corrected chi connectivity index (χ2v) is 9.40. The number of nitrogens with one attached hydrogen (secondary N) is 1. The van der Waals surface area contributed by atoms with E-state index in [1.165, 1.54) is 19.3 Å². The Morgan fingerprint density at radius 3 is 2.63 bits per heavy atom. The molecule has 0 atom stereocenters. The molecule has 0 radical (unpaired) electrons. The number of aliphatic carboxylic acids is 1. The Morgan fingerprint density at radius 1 is 1.20 bits per heavy atom. The highest BCUT2D eigenvalue weighted by molar-refractivity contribution is 7.13. The molecule has 1 saturated heterocycles. The lowest BCUT2D eigenvalue weighted by molar-refractivity contribution is -0.142. The van der Waals surface area contributed by atoms with Crippen molar-refractivity contribution in [1.82, 2.24) is 14.9 Å². The van der Waals surface area contributed by atoms with Crippen LogP contribution in [0.15, 0.2) is 17.6 Å². The van der Waals surface area contributed by atoms with Gasteiger partial charge in [-0.25, -0.2) is 4.98 Å². The zero-order valence-corrected chi connectivity index (χ0v) is 18.3. The molecule has 30 heavy (non-hydrogen) atoms. The van der Waals surface area contributed by atoms with Crippen LogP contribution in [0.4, 0.5) is 5.13 Å². The molecule has 2 aliphatic rings. The minimum Gasteiger partial charge on any atom is -0.481 e. The average molecular weight is 431 g/mol. The predicted molar refractivity (Wildman–Crippen MR) is 117 cm³/mol. The highest BCUT2D eigenvalue weighted by atomic mass is 32.1. The van der Waals surface area contributed by atoms with Crippen LogP contribution in [0.25, 0.3) is 0 Å². The van der Waals surface area contributed by atoms with Gasteiger partial charge in [-0.1, -0.05) is 0 Å². The van der Waals surface area contributed by atoms with Gasteiger partial charge in [0.2, 0.25) is 0 Å². The molecule has 1 aliphatic carbocycles. The van der Waals surface area contributed by atoms with Crippen molar-refractivity contribution in [3.63, 3.8) is 0 Å². The molecule has 2 aromatic heterocycles. The van der Waals surface area contributed by atoms with Crippen molar-refractivity contribution in [2.45, 2.75) is 64.5 Å². The molecule has 162 valence electrons. The molecule has 1 amide bonds. The first-order valence-corrected chi connectivity index (χ1v) is 11.8. The Labute approximate surface area is 181 Å². The third-order valence-electron chi connectivity index (χ3n) is 6.18. The molecule has 1 saturated carbocycles. The van der Waals surface area contributed by atoms with Crippen molar-refractivity contribution in [3.8, 4) is 0 Å². The summed E-state index contributed by atoms with van der Waals surface area (Å²) in [6, 6.07) is 1.96. The third-order valence-corrected chi connectivity index (χ3v) is 7.13. The van der Waals surface area contributed by atoms with Crippen LogP contribution in [-0.4, -0.2) is 45.7 Å². The molecule has 0 aromatic carbocycles. The molecular weight excluding hydrogens is 400 g/mol. The SMILES string of the molecule is Cc1cc(C(=O)N[C@H]2CC[C@@H](C(=O)O)CC2)n(Cc2csc(N3CCCCC3)n2)c1. The zero-order valence-electron chi connectivity index (χ0n) is 17.5. The second kappa shape index (κ2) is 9.20. The van der Waals surface area contributed by atoms with Gasteiger partial charge in [-0.05, 0) is 63.5 Å². The minimum absolute atomic E-state index is 0.0433. The van der Waals surface area contributed by atoms with Gasteiger partial charge in [0.1, 0.15) is 5.69 Å². The van der Waals surface area contributed by atoms with Crippen LogP contribution in [-0.2, 0) is 11.3 Å². The number of hydrogen-bond donors (Lipinski definition) is 2. The number of nitrogens with zero attached hydrogens (tertiary/aromatic N) is 3. The first kappa shape index (κ1) is 20.9. The van der Waals surface area contributed by atoms with Crippen molar-refractivity contribution >= 4 is 28.3 Å². The largest absolute Gasteiger partial charge is 0.481 e. The molecule has 0 spiro atoms. The number of aryl methyl sites for hydroxylation is 1. The summed E-state index contributed by atoms with van der Waals surface area (Å²) < 4.78 is 1.97. The smallest absolute Gasteiger partial charge is 0.306 e. The van der Waals surface area contributed by atoms with Crippen LogP contribution in [0.5, 0.6) is 0 Å². The zero-order chi connectivity index (χ0) is 21.1. The van der Waals surface area contributed by atoms with Crippen molar-refractivity contribution in [3.05, 3.63) is 34.6 Å². The van der Waals surface area contributed by atoms with E-state index in [9.17, 15) is 9.59 Å². The fourth-order valence-electron chi connectivity index (χ4n) is 4.50. The average Bonchev–Trinajstić information content (AvgIpc) is 3.36. The molecule has 3 heterocycles. The second-order valence-electron chi connectivity index (χ2n) is 8.56. The molecule has 2 aromatic rings. The first-order chi connectivity index (χ1) is 14.5. The number of piperidine rings is 1. The molecule has 4 rings (SSSR count). The summed E-state index contributed by atoms with van der Waals surface area (Å²) in [5.74, 6) is -1.09. The van der Waals surface area contributed by atoms with Crippen LogP contribution in [0.2, 0.25) is 0 Å². The normalized spacial score (nSPS) is 22.1. The van der Waals surface area contributed by atoms with E-state index in [0.29, 0.717) is 37.9 Å². The lowest BCUT2D eigenvalue weighted by Crippen LogP contribution is -2.39. The Balaban J connectivity index is 1.39. The third kappa shape index (κ3) is 4.86. The number of carboxylic acids is 1. The molecule has 0 bridgehead atoms. The number of carbonyl (C=O) groups is 2. The monoisotopic (exact) mass is 430 g/mol. The quantitative estimate of drug-likeness (QED) is 0.730. The molecule has 1 aliphatic heterocycles. The molecule has 7 nitrogen and oxygen atoms in total. The number of carboxylic acid groups (broad SMARTS) is 1. The van der Waals surface area contributed by atoms with Gasteiger partial charge in [0.25, 0.3) is 5.91 Å². The van der Waals surface area contributed by atoms with E-state index in [1.807, 2.05) is 23.8 Å². The van der Waals surface area contributed by atoms with Crippen LogP contribution < -0.4 is 10.2 Å². The molecule has 0 unspecified atom stereocenters. The Morgan fingerprint density at radius 2 is 1.93 bits per heavy atom. The molecular formula is C22H30N4O3S. The molecule has 2 N–H and O–H groups in total. The molecule has 2 fully saturated rings. The fourth-order valence-corrected chi connectivity index (χ4v) is 5.37. The summed E-state index contributed by atoms with van der Waals surface area (Å²) in [5, 5.41) is 15.4. The number of rotatable bonds is 6. The summed E-state index contributed by atoms with van der Waals surface area (Å²) >= 11 is 1.68. The maximum atomic E-state index is 12.9. The van der Waals surface area contributed by atoms with Crippen LogP contribution >= 0.6 is 11.3 Å². The van der Waals surface area contributed by atoms with Crippen molar-refractivity contribution in [1.29, 1.82) is 0 Å². The predicted octanol–water partition coefficient (Wildman–Crippen LogP) is 3.66. The number of anilines is 1. The van der Waals surface area contributed by atoms with Crippen molar-refractivity contribution in [2.75, 3.05) is 18.0 Å². The van der Waals surface area contributed by atoms with Crippen LogP contribution in [0.3, 0.4) is 0 Å². The Hall–Kier alpha value is -2.35. The number of carbonyl (C=O) groups excluding carboxylic acids is 1. The first-order valence-electron chi connectivity index (χ1n) is 10.9. The minimum atomic E-state index is -0.725. The van der Waals surface area contributed by atoms with Gasteiger partial charge < -0.3 is 19.9 Å². The lowest BCUT2D eigenvalue weighted by Gasteiger charge is -2.27. The fraction of sp³-hybridized carbons (Fsp3) is 0.591. The van der Waals surface area contributed by atoms with Gasteiger partial charge in [0.15, 0.2) is 5.13 Å². The topological polar surface area (TPSA) is 87.5 Å². The van der Waals surface area contributed by atoms with Gasteiger partial charge in [-0.2, -0.15) is 0 Å². The van der Waals surface area contributed by atoms with Gasteiger partial charge in [0, 0.05) is 30.7 Å². The number of hydrogen-bond acceptors (Lipinski definition) is 5. The summed E-state index contributed by atoms with van der Waals surface area (Å²) in [6.07, 6.45) is 8.43. The molecule has 8 heteroatoms. The van der Waals surface area contributed by atoms with E-state index in [4.69, 9.17) is 10.1 Å². The van der Waals surface area contributed by atoms with Crippen LogP contribution in [0, 0.1) is 12.8 Å². The van der Waals surface area contributed by atoms with E-state index in [2.05, 4.69) is 15.6 Å². The summed E-state index contributed by atoms with van der Waals surface area (Å²) in [5.41, 5.74) is 2.66. The van der Waals surface area contributed by atoms with E-state index >= 15 is 0 Å². The van der Waals surface area contributed by atoms with Gasteiger partial charge in [0.05, 0.1) is 18.2 Å². The maximum absolute atomic E-state index is 12.9. The Kier molecular flexibility index (Phi) is 6.41. The highest BCUT2D eigenvalue weighted by Gasteiger charge is 2.27. The highest BCUT2D eigenvalue weighted by Crippen LogP contribution is 2.26. The standard InChI is InChI=1S/C22H30N4O3S/c1-15-11-19(20(27)23-17-7-5-16(6-8-17)21(28)29)26(12-15)13-18-14-30-22(24-18)25-9-3-2-4-10-25/h11-12,14,16-17H,2-10,13H2,1H3,(H,23,27)(H,28,29)/t16-,17+. The maximum Gasteiger partial charge on any atom is 0.306 e. The van der Waals surface area contributed by atoms with Gasteiger partial charge in [-0.15, -0.1) is 11.3 Å². The van der Waals surface area contributed by atoms with Crippen molar-refractivity contribution in [2.24, 2.45) is 5.92 Å². The summed E-state index contributed by atoms with van der Waals surface area (Å²) in [4.78, 5) is 31.2. The number of amides is 1.